The summed E-state index contributed by atoms with van der Waals surface area (Å²) in [6.07, 6.45) is 3.06. The Morgan fingerprint density at radius 1 is 1.26 bits per heavy atom. The lowest BCUT2D eigenvalue weighted by Crippen LogP contribution is -2.41. The van der Waals surface area contributed by atoms with Gasteiger partial charge in [-0.1, -0.05) is 37.9 Å². The van der Waals surface area contributed by atoms with E-state index in [1.54, 1.807) is 11.8 Å². The first-order chi connectivity index (χ1) is 9.20. The van der Waals surface area contributed by atoms with Gasteiger partial charge in [-0.2, -0.15) is 0 Å². The van der Waals surface area contributed by atoms with E-state index in [1.807, 2.05) is 4.90 Å². The van der Waals surface area contributed by atoms with E-state index >= 15 is 0 Å². The number of aliphatic imine (C=N–C) groups is 1. The smallest absolute Gasteiger partial charge is 0.160 e. The average Bonchev–Trinajstić information content (AvgIpc) is 2.91. The second-order valence-corrected chi connectivity index (χ2v) is 6.23. The molecular formula is C13H24N2O3S. The number of rotatable bonds is 6. The molecule has 0 spiro atoms. The third-order valence-electron chi connectivity index (χ3n) is 3.90. The molecule has 0 aromatic carbocycles. The first-order valence-electron chi connectivity index (χ1n) is 7.13. The summed E-state index contributed by atoms with van der Waals surface area (Å²) in [6.45, 7) is 2.82. The van der Waals surface area contributed by atoms with Crippen LogP contribution in [0.3, 0.4) is 0 Å². The summed E-state index contributed by atoms with van der Waals surface area (Å²) in [6, 6.07) is -0.518. The molecule has 3 N–H and O–H groups in total. The minimum Gasteiger partial charge on any atom is -0.394 e. The zero-order valence-corrected chi connectivity index (χ0v) is 12.2. The van der Waals surface area contributed by atoms with Gasteiger partial charge >= 0.3 is 0 Å². The van der Waals surface area contributed by atoms with Crippen molar-refractivity contribution in [1.29, 1.82) is 0 Å². The zero-order valence-electron chi connectivity index (χ0n) is 11.4. The molecule has 6 heteroatoms. The summed E-state index contributed by atoms with van der Waals surface area (Å²) in [5.41, 5.74) is 0. The maximum absolute atomic E-state index is 9.96. The van der Waals surface area contributed by atoms with Crippen molar-refractivity contribution in [3.63, 3.8) is 0 Å². The topological polar surface area (TPSA) is 76.3 Å². The Kier molecular flexibility index (Phi) is 5.50. The maximum Gasteiger partial charge on any atom is 0.160 e. The fraction of sp³-hybridized carbons (Fsp3) is 0.923. The van der Waals surface area contributed by atoms with Crippen molar-refractivity contribution in [1.82, 2.24) is 4.90 Å². The van der Waals surface area contributed by atoms with E-state index in [1.165, 1.54) is 19.3 Å². The lowest BCUT2D eigenvalue weighted by molar-refractivity contribution is 0.0206. The Morgan fingerprint density at radius 2 is 2.05 bits per heavy atom. The number of amidine groups is 1. The number of thioether (sulfide) groups is 1. The van der Waals surface area contributed by atoms with Gasteiger partial charge < -0.3 is 20.2 Å². The minimum absolute atomic E-state index is 0.105. The molecule has 2 saturated heterocycles. The summed E-state index contributed by atoms with van der Waals surface area (Å²) < 4.78 is 0. The van der Waals surface area contributed by atoms with Crippen molar-refractivity contribution < 1.29 is 15.3 Å². The van der Waals surface area contributed by atoms with Gasteiger partial charge in [0.15, 0.2) is 5.17 Å². The monoisotopic (exact) mass is 288 g/mol. The van der Waals surface area contributed by atoms with Crippen molar-refractivity contribution in [2.45, 2.75) is 56.9 Å². The van der Waals surface area contributed by atoms with Crippen LogP contribution in [0.5, 0.6) is 0 Å². The molecule has 0 aromatic heterocycles. The SMILES string of the molecule is CCCCCCN=C1SC[C@H]2[C@H](O)[C@@H](O)[C@H](CO)N12. The van der Waals surface area contributed by atoms with Crippen molar-refractivity contribution in [3.05, 3.63) is 0 Å². The van der Waals surface area contributed by atoms with Crippen molar-refractivity contribution in [2.75, 3.05) is 18.9 Å². The van der Waals surface area contributed by atoms with E-state index in [4.69, 9.17) is 0 Å². The van der Waals surface area contributed by atoms with Crippen LogP contribution in [0.25, 0.3) is 0 Å². The van der Waals surface area contributed by atoms with Gasteiger partial charge in [0, 0.05) is 12.3 Å². The number of hydrogen-bond acceptors (Lipinski definition) is 5. The lowest BCUT2D eigenvalue weighted by atomic mass is 10.1. The molecular weight excluding hydrogens is 264 g/mol. The molecule has 2 fully saturated rings. The van der Waals surface area contributed by atoms with Gasteiger partial charge in [-0.25, -0.2) is 0 Å². The predicted molar refractivity (Wildman–Crippen MR) is 77.4 cm³/mol. The average molecular weight is 288 g/mol. The van der Waals surface area contributed by atoms with Gasteiger partial charge in [0.25, 0.3) is 0 Å². The lowest BCUT2D eigenvalue weighted by Gasteiger charge is -2.24. The summed E-state index contributed by atoms with van der Waals surface area (Å²) in [7, 11) is 0. The third-order valence-corrected chi connectivity index (χ3v) is 5.01. The Balaban J connectivity index is 1.94. The molecule has 19 heavy (non-hydrogen) atoms. The molecule has 0 radical (unpaired) electrons. The molecule has 4 atom stereocenters. The van der Waals surface area contributed by atoms with Crippen molar-refractivity contribution in [3.8, 4) is 0 Å². The maximum atomic E-state index is 9.96. The molecule has 0 bridgehead atoms. The van der Waals surface area contributed by atoms with E-state index in [9.17, 15) is 15.3 Å². The minimum atomic E-state index is -0.874. The molecule has 2 rings (SSSR count). The number of unbranched alkanes of at least 4 members (excludes halogenated alkanes) is 3. The molecule has 5 nitrogen and oxygen atoms in total. The second-order valence-electron chi connectivity index (χ2n) is 5.24. The number of hydrogen-bond donors (Lipinski definition) is 3. The van der Waals surface area contributed by atoms with Crippen LogP contribution in [0.1, 0.15) is 32.6 Å². The Labute approximate surface area is 118 Å². The van der Waals surface area contributed by atoms with Gasteiger partial charge in [0.2, 0.25) is 0 Å². The van der Waals surface area contributed by atoms with E-state index < -0.39 is 18.2 Å². The number of nitrogens with zero attached hydrogens (tertiary/aromatic N) is 2. The largest absolute Gasteiger partial charge is 0.394 e. The summed E-state index contributed by atoms with van der Waals surface area (Å²) >= 11 is 1.62. The van der Waals surface area contributed by atoms with Crippen LogP contribution in [-0.2, 0) is 0 Å². The van der Waals surface area contributed by atoms with Crippen molar-refractivity contribution in [2.24, 2.45) is 4.99 Å². The van der Waals surface area contributed by atoms with Gasteiger partial charge in [-0.15, -0.1) is 0 Å². The number of aliphatic hydroxyl groups is 3. The molecule has 0 aliphatic carbocycles. The molecule has 110 valence electrons. The number of fused-ring (bicyclic) bond motifs is 1. The van der Waals surface area contributed by atoms with Crippen LogP contribution in [0.15, 0.2) is 4.99 Å². The second kappa shape index (κ2) is 6.92. The fourth-order valence-electron chi connectivity index (χ4n) is 2.76. The highest BCUT2D eigenvalue weighted by atomic mass is 32.2. The first-order valence-corrected chi connectivity index (χ1v) is 8.11. The molecule has 0 saturated carbocycles. The Bertz CT molecular complexity index is 325. The van der Waals surface area contributed by atoms with E-state index in [2.05, 4.69) is 11.9 Å². The van der Waals surface area contributed by atoms with Gasteiger partial charge in [0.1, 0.15) is 12.2 Å². The highest BCUT2D eigenvalue weighted by molar-refractivity contribution is 8.14. The Hall–Kier alpha value is -0.300. The van der Waals surface area contributed by atoms with Gasteiger partial charge in [0.05, 0.1) is 18.7 Å². The molecule has 2 aliphatic rings. The standard InChI is InChI=1S/C13H24N2O3S/c1-2-3-4-5-6-14-13-15-9(7-16)11(17)12(18)10(15)8-19-13/h9-12,16-18H,2-8H2,1H3/t9-,10-,11-,12-/m0/s1. The zero-order chi connectivity index (χ0) is 13.8. The summed E-state index contributed by atoms with van der Waals surface area (Å²) in [5, 5.41) is 30.1. The van der Waals surface area contributed by atoms with Gasteiger partial charge in [-0.3, -0.25) is 4.99 Å². The van der Waals surface area contributed by atoms with E-state index in [-0.39, 0.29) is 12.6 Å². The summed E-state index contributed by atoms with van der Waals surface area (Å²) in [5.74, 6) is 0.739. The quantitative estimate of drug-likeness (QED) is 0.618. The van der Waals surface area contributed by atoms with Gasteiger partial charge in [-0.05, 0) is 6.42 Å². The fourth-order valence-corrected chi connectivity index (χ4v) is 4.04. The van der Waals surface area contributed by atoms with Crippen LogP contribution < -0.4 is 0 Å². The number of aliphatic hydroxyl groups excluding tert-OH is 3. The molecule has 0 amide bonds. The first kappa shape index (κ1) is 15.1. The van der Waals surface area contributed by atoms with Crippen LogP contribution >= 0.6 is 11.8 Å². The summed E-state index contributed by atoms with van der Waals surface area (Å²) in [4.78, 5) is 6.49. The highest BCUT2D eigenvalue weighted by Gasteiger charge is 2.51. The van der Waals surface area contributed by atoms with Crippen LogP contribution in [0, 0.1) is 0 Å². The highest BCUT2D eigenvalue weighted by Crippen LogP contribution is 2.36. The van der Waals surface area contributed by atoms with Crippen molar-refractivity contribution >= 4 is 16.9 Å². The van der Waals surface area contributed by atoms with E-state index in [0.29, 0.717) is 0 Å². The van der Waals surface area contributed by atoms with Crippen LogP contribution in [0.2, 0.25) is 0 Å². The van der Waals surface area contributed by atoms with E-state index in [0.717, 1.165) is 23.9 Å². The van der Waals surface area contributed by atoms with Crippen LogP contribution in [0.4, 0.5) is 0 Å². The predicted octanol–water partition coefficient (Wildman–Crippen LogP) is 0.436. The third kappa shape index (κ3) is 3.07. The van der Waals surface area contributed by atoms with Crippen LogP contribution in [-0.4, -0.2) is 68.6 Å². The molecule has 0 unspecified atom stereocenters. The molecule has 2 heterocycles. The molecule has 2 aliphatic heterocycles. The Morgan fingerprint density at radius 3 is 2.74 bits per heavy atom. The normalized spacial score (nSPS) is 36.2. The molecule has 0 aromatic rings.